The molecule has 1 rings (SSSR count). The number of hydrogen-bond acceptors (Lipinski definition) is 3. The molecule has 1 saturated heterocycles. The topological polar surface area (TPSA) is 55.1 Å². The van der Waals surface area contributed by atoms with E-state index in [0.29, 0.717) is 6.04 Å². The normalized spacial score (nSPS) is 22.1. The molecule has 1 unspecified atom stereocenters. The van der Waals surface area contributed by atoms with Crippen molar-refractivity contribution in [3.63, 3.8) is 0 Å². The van der Waals surface area contributed by atoms with Crippen molar-refractivity contribution in [3.05, 3.63) is 0 Å². The zero-order valence-corrected chi connectivity index (χ0v) is 8.19. The molecule has 70 valence electrons. The van der Waals surface area contributed by atoms with Gasteiger partial charge in [0.25, 0.3) is 0 Å². The second-order valence-electron chi connectivity index (χ2n) is 3.18. The van der Waals surface area contributed by atoms with Gasteiger partial charge in [-0.25, -0.2) is 0 Å². The molecule has 3 N–H and O–H groups in total. The number of hydrogen-bond donors (Lipinski definition) is 2. The third kappa shape index (κ3) is 3.03. The maximum absolute atomic E-state index is 10.7. The summed E-state index contributed by atoms with van der Waals surface area (Å²) in [5, 5.41) is 3.23. The van der Waals surface area contributed by atoms with Crippen molar-refractivity contribution < 1.29 is 4.79 Å². The minimum atomic E-state index is -0.256. The minimum absolute atomic E-state index is 0.182. The molecule has 0 aromatic heterocycles. The largest absolute Gasteiger partial charge is 0.368 e. The molecule has 4 heteroatoms. The minimum Gasteiger partial charge on any atom is -0.368 e. The molecule has 1 atom stereocenters. The number of thioether (sulfide) groups is 1. The van der Waals surface area contributed by atoms with Gasteiger partial charge in [0, 0.05) is 6.04 Å². The number of carbonyl (C=O) groups is 1. The number of primary amides is 1. The standard InChI is InChI=1S/C8H16N2OS/c1-6(8(9)11)10-7-2-4-12-5-3-7/h6-7,10H,2-5H2,1H3,(H2,9,11). The molecular weight excluding hydrogens is 172 g/mol. The molecule has 0 aromatic rings. The summed E-state index contributed by atoms with van der Waals surface area (Å²) in [6.07, 6.45) is 2.31. The number of nitrogens with two attached hydrogens (primary N) is 1. The van der Waals surface area contributed by atoms with Crippen molar-refractivity contribution in [1.82, 2.24) is 5.32 Å². The Hall–Kier alpha value is -0.220. The Balaban J connectivity index is 2.24. The summed E-state index contributed by atoms with van der Waals surface area (Å²) in [5.41, 5.74) is 5.15. The quantitative estimate of drug-likeness (QED) is 0.672. The van der Waals surface area contributed by atoms with Crippen molar-refractivity contribution in [2.75, 3.05) is 11.5 Å². The molecule has 1 heterocycles. The summed E-state index contributed by atoms with van der Waals surface area (Å²) in [7, 11) is 0. The third-order valence-electron chi connectivity index (χ3n) is 2.13. The summed E-state index contributed by atoms with van der Waals surface area (Å²) < 4.78 is 0. The van der Waals surface area contributed by atoms with Crippen LogP contribution in [0.2, 0.25) is 0 Å². The van der Waals surface area contributed by atoms with E-state index >= 15 is 0 Å². The van der Waals surface area contributed by atoms with E-state index in [1.165, 1.54) is 11.5 Å². The van der Waals surface area contributed by atoms with Crippen molar-refractivity contribution in [3.8, 4) is 0 Å². The molecule has 0 saturated carbocycles. The van der Waals surface area contributed by atoms with Gasteiger partial charge in [0.1, 0.15) is 0 Å². The highest BCUT2D eigenvalue weighted by Gasteiger charge is 2.17. The monoisotopic (exact) mass is 188 g/mol. The van der Waals surface area contributed by atoms with Gasteiger partial charge < -0.3 is 11.1 Å². The summed E-state index contributed by atoms with van der Waals surface area (Å²) in [6.45, 7) is 1.82. The SMILES string of the molecule is CC(NC1CCSCC1)C(N)=O. The molecule has 0 bridgehead atoms. The molecular formula is C8H16N2OS. The number of nitrogens with one attached hydrogen (secondary N) is 1. The van der Waals surface area contributed by atoms with Crippen LogP contribution in [0.25, 0.3) is 0 Å². The second-order valence-corrected chi connectivity index (χ2v) is 4.40. The molecule has 1 aliphatic rings. The maximum Gasteiger partial charge on any atom is 0.234 e. The van der Waals surface area contributed by atoms with E-state index in [-0.39, 0.29) is 11.9 Å². The Kier molecular flexibility index (Phi) is 3.88. The molecule has 1 fully saturated rings. The van der Waals surface area contributed by atoms with Crippen LogP contribution in [0.5, 0.6) is 0 Å². The lowest BCUT2D eigenvalue weighted by Gasteiger charge is -2.24. The lowest BCUT2D eigenvalue weighted by molar-refractivity contribution is -0.119. The van der Waals surface area contributed by atoms with Crippen LogP contribution in [0, 0.1) is 0 Å². The van der Waals surface area contributed by atoms with Crippen LogP contribution in [-0.2, 0) is 4.79 Å². The average molecular weight is 188 g/mol. The van der Waals surface area contributed by atoms with Crippen LogP contribution in [0.3, 0.4) is 0 Å². The predicted molar refractivity (Wildman–Crippen MR) is 52.1 cm³/mol. The van der Waals surface area contributed by atoms with Crippen LogP contribution < -0.4 is 11.1 Å². The van der Waals surface area contributed by atoms with Gasteiger partial charge in [-0.1, -0.05) is 0 Å². The zero-order valence-electron chi connectivity index (χ0n) is 7.38. The van der Waals surface area contributed by atoms with Gasteiger partial charge in [-0.3, -0.25) is 4.79 Å². The molecule has 12 heavy (non-hydrogen) atoms. The first-order valence-corrected chi connectivity index (χ1v) is 5.48. The summed E-state index contributed by atoms with van der Waals surface area (Å²) in [6, 6.07) is 0.312. The summed E-state index contributed by atoms with van der Waals surface area (Å²) >= 11 is 1.98. The maximum atomic E-state index is 10.7. The highest BCUT2D eigenvalue weighted by Crippen LogP contribution is 2.17. The van der Waals surface area contributed by atoms with E-state index in [0.717, 1.165) is 12.8 Å². The van der Waals surface area contributed by atoms with E-state index in [1.807, 2.05) is 18.7 Å². The molecule has 3 nitrogen and oxygen atoms in total. The molecule has 0 radical (unpaired) electrons. The van der Waals surface area contributed by atoms with E-state index < -0.39 is 0 Å². The highest BCUT2D eigenvalue weighted by atomic mass is 32.2. The fourth-order valence-electron chi connectivity index (χ4n) is 1.30. The zero-order chi connectivity index (χ0) is 8.97. The van der Waals surface area contributed by atoms with Crippen LogP contribution in [0.15, 0.2) is 0 Å². The average Bonchev–Trinajstić information content (AvgIpc) is 2.06. The van der Waals surface area contributed by atoms with Gasteiger partial charge in [0.05, 0.1) is 6.04 Å². The van der Waals surface area contributed by atoms with Gasteiger partial charge in [-0.05, 0) is 31.3 Å². The fourth-order valence-corrected chi connectivity index (χ4v) is 2.41. The Morgan fingerprint density at radius 3 is 2.67 bits per heavy atom. The highest BCUT2D eigenvalue weighted by molar-refractivity contribution is 7.99. The van der Waals surface area contributed by atoms with Gasteiger partial charge in [0.15, 0.2) is 0 Å². The van der Waals surface area contributed by atoms with Crippen LogP contribution in [0.4, 0.5) is 0 Å². The lowest BCUT2D eigenvalue weighted by Crippen LogP contribution is -2.45. The Labute approximate surface area is 77.5 Å². The Bertz CT molecular complexity index is 157. The Morgan fingerprint density at radius 1 is 1.58 bits per heavy atom. The van der Waals surface area contributed by atoms with Crippen LogP contribution in [0.1, 0.15) is 19.8 Å². The molecule has 0 spiro atoms. The lowest BCUT2D eigenvalue weighted by atomic mass is 10.1. The van der Waals surface area contributed by atoms with Crippen molar-refractivity contribution in [1.29, 1.82) is 0 Å². The van der Waals surface area contributed by atoms with Gasteiger partial charge >= 0.3 is 0 Å². The second kappa shape index (κ2) is 4.72. The van der Waals surface area contributed by atoms with E-state index in [9.17, 15) is 4.79 Å². The number of carbonyl (C=O) groups excluding carboxylic acids is 1. The summed E-state index contributed by atoms with van der Waals surface area (Å²) in [4.78, 5) is 10.7. The van der Waals surface area contributed by atoms with E-state index in [2.05, 4.69) is 5.32 Å². The van der Waals surface area contributed by atoms with Crippen molar-refractivity contribution >= 4 is 17.7 Å². The number of amides is 1. The first kappa shape index (κ1) is 9.86. The molecule has 1 aliphatic heterocycles. The van der Waals surface area contributed by atoms with Crippen molar-refractivity contribution in [2.45, 2.75) is 31.8 Å². The van der Waals surface area contributed by atoms with E-state index in [4.69, 9.17) is 5.73 Å². The van der Waals surface area contributed by atoms with E-state index in [1.54, 1.807) is 0 Å². The number of rotatable bonds is 3. The molecule has 0 aliphatic carbocycles. The van der Waals surface area contributed by atoms with Crippen LogP contribution >= 0.6 is 11.8 Å². The first-order chi connectivity index (χ1) is 5.70. The van der Waals surface area contributed by atoms with Crippen LogP contribution in [-0.4, -0.2) is 29.5 Å². The fraction of sp³-hybridized carbons (Fsp3) is 0.875. The molecule has 1 amide bonds. The van der Waals surface area contributed by atoms with Crippen molar-refractivity contribution in [2.24, 2.45) is 5.73 Å². The predicted octanol–water partition coefficient (Wildman–Crippen LogP) is 0.345. The molecule has 0 aromatic carbocycles. The Morgan fingerprint density at radius 2 is 2.17 bits per heavy atom. The van der Waals surface area contributed by atoms with Gasteiger partial charge in [-0.15, -0.1) is 0 Å². The smallest absolute Gasteiger partial charge is 0.234 e. The van der Waals surface area contributed by atoms with Gasteiger partial charge in [0.2, 0.25) is 5.91 Å². The first-order valence-electron chi connectivity index (χ1n) is 4.33. The third-order valence-corrected chi connectivity index (χ3v) is 3.18. The van der Waals surface area contributed by atoms with Gasteiger partial charge in [-0.2, -0.15) is 11.8 Å². The summed E-state index contributed by atoms with van der Waals surface area (Å²) in [5.74, 6) is 2.14.